The molecular formula is C27H23N9O. The number of carbonyl (C=O) groups is 1. The summed E-state index contributed by atoms with van der Waals surface area (Å²) < 4.78 is 0. The lowest BCUT2D eigenvalue weighted by molar-refractivity contribution is -0.116. The van der Waals surface area contributed by atoms with E-state index in [1.54, 1.807) is 31.0 Å². The molecule has 6 aromatic heterocycles. The van der Waals surface area contributed by atoms with Crippen LogP contribution in [0.3, 0.4) is 0 Å². The minimum Gasteiger partial charge on any atom is -0.336 e. The van der Waals surface area contributed by atoms with Crippen LogP contribution in [0.15, 0.2) is 67.4 Å². The molecule has 6 aromatic rings. The fraction of sp³-hybridized carbons (Fsp3) is 0.148. The average molecular weight is 490 g/mol. The van der Waals surface area contributed by atoms with Crippen LogP contribution in [-0.4, -0.2) is 46.0 Å². The van der Waals surface area contributed by atoms with Gasteiger partial charge in [0.25, 0.3) is 0 Å². The van der Waals surface area contributed by atoms with Gasteiger partial charge in [0.15, 0.2) is 11.5 Å². The van der Waals surface area contributed by atoms with Crippen LogP contribution in [0.1, 0.15) is 26.2 Å². The Labute approximate surface area is 211 Å². The second-order valence-electron chi connectivity index (χ2n) is 8.66. The SMILES string of the molecule is CCCCC(=O)Nc1cncc(-c2ccc3[nH]nc(-c4nc5c(-c6ccncc6)nccc5[nH]4)c3n2)c1. The monoisotopic (exact) mass is 489 g/mol. The molecule has 37 heavy (non-hydrogen) atoms. The van der Waals surface area contributed by atoms with E-state index in [1.165, 1.54) is 0 Å². The van der Waals surface area contributed by atoms with Crippen LogP contribution in [0.4, 0.5) is 5.69 Å². The molecule has 0 saturated heterocycles. The smallest absolute Gasteiger partial charge is 0.224 e. The van der Waals surface area contributed by atoms with E-state index in [0.717, 1.165) is 46.2 Å². The molecule has 10 heteroatoms. The van der Waals surface area contributed by atoms with Gasteiger partial charge in [-0.25, -0.2) is 9.97 Å². The summed E-state index contributed by atoms with van der Waals surface area (Å²) >= 11 is 0. The van der Waals surface area contributed by atoms with Gasteiger partial charge in [0.05, 0.1) is 34.3 Å². The normalized spacial score (nSPS) is 11.3. The van der Waals surface area contributed by atoms with Crippen molar-refractivity contribution in [2.45, 2.75) is 26.2 Å². The molecule has 6 heterocycles. The van der Waals surface area contributed by atoms with E-state index in [9.17, 15) is 4.79 Å². The number of rotatable bonds is 7. The first-order chi connectivity index (χ1) is 18.2. The molecule has 182 valence electrons. The van der Waals surface area contributed by atoms with E-state index < -0.39 is 0 Å². The van der Waals surface area contributed by atoms with Crippen molar-refractivity contribution in [2.24, 2.45) is 0 Å². The zero-order valence-electron chi connectivity index (χ0n) is 20.1. The third-order valence-electron chi connectivity index (χ3n) is 6.06. The molecule has 0 aliphatic rings. The summed E-state index contributed by atoms with van der Waals surface area (Å²) in [6, 6.07) is 11.4. The van der Waals surface area contributed by atoms with Crippen LogP contribution in [0.25, 0.3) is 56.1 Å². The van der Waals surface area contributed by atoms with Crippen LogP contribution in [0, 0.1) is 0 Å². The fourth-order valence-corrected chi connectivity index (χ4v) is 4.20. The highest BCUT2D eigenvalue weighted by Crippen LogP contribution is 2.30. The third kappa shape index (κ3) is 4.40. The van der Waals surface area contributed by atoms with Crippen molar-refractivity contribution in [2.75, 3.05) is 5.32 Å². The Bertz CT molecular complexity index is 1720. The van der Waals surface area contributed by atoms with Gasteiger partial charge in [-0.3, -0.25) is 24.8 Å². The maximum atomic E-state index is 12.2. The number of fused-ring (bicyclic) bond motifs is 2. The highest BCUT2D eigenvalue weighted by Gasteiger charge is 2.17. The Morgan fingerprint density at radius 3 is 2.62 bits per heavy atom. The van der Waals surface area contributed by atoms with Gasteiger partial charge in [0.1, 0.15) is 11.0 Å². The second-order valence-corrected chi connectivity index (χ2v) is 8.66. The molecule has 0 radical (unpaired) electrons. The van der Waals surface area contributed by atoms with Gasteiger partial charge >= 0.3 is 0 Å². The van der Waals surface area contributed by atoms with Gasteiger partial charge in [0, 0.05) is 42.3 Å². The van der Waals surface area contributed by atoms with E-state index in [0.29, 0.717) is 34.8 Å². The molecule has 3 N–H and O–H groups in total. The summed E-state index contributed by atoms with van der Waals surface area (Å²) in [4.78, 5) is 38.2. The topological polar surface area (TPSA) is 138 Å². The molecule has 6 rings (SSSR count). The summed E-state index contributed by atoms with van der Waals surface area (Å²) in [6.45, 7) is 2.06. The highest BCUT2D eigenvalue weighted by molar-refractivity contribution is 5.95. The van der Waals surface area contributed by atoms with Crippen molar-refractivity contribution < 1.29 is 4.79 Å². The predicted octanol–water partition coefficient (Wildman–Crippen LogP) is 5.15. The summed E-state index contributed by atoms with van der Waals surface area (Å²) in [6.07, 6.45) is 10.9. The summed E-state index contributed by atoms with van der Waals surface area (Å²) in [5, 5.41) is 10.5. The highest BCUT2D eigenvalue weighted by atomic mass is 16.1. The van der Waals surface area contributed by atoms with Crippen LogP contribution >= 0.6 is 0 Å². The maximum absolute atomic E-state index is 12.2. The number of pyridine rings is 4. The van der Waals surface area contributed by atoms with Crippen LogP contribution in [0.5, 0.6) is 0 Å². The van der Waals surface area contributed by atoms with Crippen LogP contribution in [-0.2, 0) is 4.79 Å². The number of aromatic nitrogens is 8. The molecule has 1 amide bonds. The van der Waals surface area contributed by atoms with E-state index >= 15 is 0 Å². The lowest BCUT2D eigenvalue weighted by atomic mass is 10.1. The number of unbranched alkanes of at least 4 members (excludes halogenated alkanes) is 1. The first kappa shape index (κ1) is 22.5. The fourth-order valence-electron chi connectivity index (χ4n) is 4.20. The zero-order chi connectivity index (χ0) is 25.2. The molecule has 0 fully saturated rings. The van der Waals surface area contributed by atoms with Crippen molar-refractivity contribution in [3.05, 3.63) is 67.4 Å². The van der Waals surface area contributed by atoms with Gasteiger partial charge in [-0.2, -0.15) is 5.10 Å². The number of aromatic amines is 2. The average Bonchev–Trinajstić information content (AvgIpc) is 3.56. The summed E-state index contributed by atoms with van der Waals surface area (Å²) in [5.41, 5.74) is 7.48. The number of anilines is 1. The number of carbonyl (C=O) groups excluding carboxylic acids is 1. The number of amides is 1. The van der Waals surface area contributed by atoms with Gasteiger partial charge in [-0.1, -0.05) is 13.3 Å². The minimum absolute atomic E-state index is 0.0214. The molecule has 0 spiro atoms. The summed E-state index contributed by atoms with van der Waals surface area (Å²) in [7, 11) is 0. The van der Waals surface area contributed by atoms with Gasteiger partial charge in [-0.15, -0.1) is 0 Å². The van der Waals surface area contributed by atoms with Gasteiger partial charge in [-0.05, 0) is 42.8 Å². The first-order valence-corrected chi connectivity index (χ1v) is 12.1. The van der Waals surface area contributed by atoms with E-state index in [4.69, 9.17) is 9.97 Å². The van der Waals surface area contributed by atoms with Gasteiger partial charge < -0.3 is 10.3 Å². The standard InChI is InChI=1S/C27H23N9O/c1-2-3-4-22(37)31-18-13-17(14-29-15-18)19-5-6-21-25(32-19)26(36-35-21)27-33-20-9-12-30-23(24(20)34-27)16-7-10-28-11-8-16/h5-15H,2-4H2,1H3,(H,31,37)(H,33,34)(H,35,36). The Kier molecular flexibility index (Phi) is 5.81. The number of nitrogens with one attached hydrogen (secondary N) is 3. The van der Waals surface area contributed by atoms with Crippen molar-refractivity contribution in [3.63, 3.8) is 0 Å². The molecule has 0 aliphatic carbocycles. The number of H-pyrrole nitrogens is 2. The maximum Gasteiger partial charge on any atom is 0.224 e. The molecule has 0 aromatic carbocycles. The van der Waals surface area contributed by atoms with Crippen molar-refractivity contribution >= 4 is 33.7 Å². The van der Waals surface area contributed by atoms with Gasteiger partial charge in [0.2, 0.25) is 5.91 Å². The number of nitrogens with zero attached hydrogens (tertiary/aromatic N) is 6. The Morgan fingerprint density at radius 2 is 1.76 bits per heavy atom. The molecule has 0 bridgehead atoms. The van der Waals surface area contributed by atoms with Crippen LogP contribution in [0.2, 0.25) is 0 Å². The van der Waals surface area contributed by atoms with Crippen LogP contribution < -0.4 is 5.32 Å². The van der Waals surface area contributed by atoms with Crippen molar-refractivity contribution in [1.82, 2.24) is 40.1 Å². The largest absolute Gasteiger partial charge is 0.336 e. The van der Waals surface area contributed by atoms with Crippen molar-refractivity contribution in [3.8, 4) is 34.0 Å². The quantitative estimate of drug-likeness (QED) is 0.282. The minimum atomic E-state index is -0.0214. The summed E-state index contributed by atoms with van der Waals surface area (Å²) in [5.74, 6) is 0.566. The number of hydrogen-bond donors (Lipinski definition) is 3. The molecule has 0 aliphatic heterocycles. The lowest BCUT2D eigenvalue weighted by Gasteiger charge is -2.07. The third-order valence-corrected chi connectivity index (χ3v) is 6.06. The Balaban J connectivity index is 1.37. The predicted molar refractivity (Wildman–Crippen MR) is 141 cm³/mol. The van der Waals surface area contributed by atoms with E-state index in [1.807, 2.05) is 36.4 Å². The second kappa shape index (κ2) is 9.57. The molecule has 0 unspecified atom stereocenters. The van der Waals surface area contributed by atoms with Crippen molar-refractivity contribution in [1.29, 1.82) is 0 Å². The first-order valence-electron chi connectivity index (χ1n) is 12.1. The van der Waals surface area contributed by atoms with E-state index in [2.05, 4.69) is 42.4 Å². The Morgan fingerprint density at radius 1 is 0.892 bits per heavy atom. The molecule has 0 saturated carbocycles. The molecular weight excluding hydrogens is 466 g/mol. The molecule has 0 atom stereocenters. The Hall–Kier alpha value is -4.99. The zero-order valence-corrected chi connectivity index (χ0v) is 20.1. The molecule has 10 nitrogen and oxygen atoms in total. The lowest BCUT2D eigenvalue weighted by Crippen LogP contribution is -2.11. The van der Waals surface area contributed by atoms with E-state index in [-0.39, 0.29) is 5.91 Å². The number of hydrogen-bond acceptors (Lipinski definition) is 7. The number of imidazole rings is 1.